The van der Waals surface area contributed by atoms with E-state index in [9.17, 15) is 14.4 Å². The molecule has 1 aromatic heterocycles. The van der Waals surface area contributed by atoms with Crippen molar-refractivity contribution in [3.05, 3.63) is 41.2 Å². The molecule has 1 aromatic carbocycles. The lowest BCUT2D eigenvalue weighted by atomic mass is 9.94. The van der Waals surface area contributed by atoms with Crippen LogP contribution in [0.2, 0.25) is 0 Å². The molecule has 1 aliphatic heterocycles. The fraction of sp³-hybridized carbons (Fsp3) is 0.520. The Balaban J connectivity index is 1.49. The van der Waals surface area contributed by atoms with E-state index in [-0.39, 0.29) is 36.6 Å². The summed E-state index contributed by atoms with van der Waals surface area (Å²) < 4.78 is 12.0. The van der Waals surface area contributed by atoms with E-state index >= 15 is 0 Å². The molecule has 10 nitrogen and oxygen atoms in total. The van der Waals surface area contributed by atoms with Gasteiger partial charge in [-0.25, -0.2) is 0 Å². The van der Waals surface area contributed by atoms with Crippen molar-refractivity contribution in [2.45, 2.75) is 64.2 Å². The minimum absolute atomic E-state index is 0.130. The van der Waals surface area contributed by atoms with Gasteiger partial charge in [0.2, 0.25) is 5.91 Å². The molecular weight excluding hydrogens is 450 g/mol. The number of benzene rings is 1. The number of hydrogen-bond donors (Lipinski definition) is 2. The Morgan fingerprint density at radius 1 is 1.14 bits per heavy atom. The van der Waals surface area contributed by atoms with E-state index in [1.54, 1.807) is 38.2 Å². The zero-order chi connectivity index (χ0) is 25.2. The second-order valence-corrected chi connectivity index (χ2v) is 9.22. The quantitative estimate of drug-likeness (QED) is 0.595. The highest BCUT2D eigenvalue weighted by molar-refractivity contribution is 6.01. The summed E-state index contributed by atoms with van der Waals surface area (Å²) in [6.07, 6.45) is 4.12. The third kappa shape index (κ3) is 4.69. The van der Waals surface area contributed by atoms with E-state index in [1.807, 2.05) is 13.0 Å². The molecule has 1 fully saturated rings. The van der Waals surface area contributed by atoms with Gasteiger partial charge in [-0.3, -0.25) is 19.1 Å². The number of nitrogens with zero attached hydrogens (tertiary/aromatic N) is 3. The van der Waals surface area contributed by atoms with Crippen LogP contribution in [0.5, 0.6) is 11.5 Å². The predicted molar refractivity (Wildman–Crippen MR) is 128 cm³/mol. The molecule has 1 aliphatic carbocycles. The van der Waals surface area contributed by atoms with Gasteiger partial charge in [-0.1, -0.05) is 18.9 Å². The smallest absolute Gasteiger partial charge is 0.273 e. The van der Waals surface area contributed by atoms with Gasteiger partial charge in [0.15, 0.2) is 17.2 Å². The van der Waals surface area contributed by atoms with Crippen molar-refractivity contribution >= 4 is 17.7 Å². The number of nitrogens with one attached hydrogen (secondary N) is 2. The van der Waals surface area contributed by atoms with Crippen molar-refractivity contribution in [3.8, 4) is 11.5 Å². The molecule has 3 amide bonds. The molecule has 4 rings (SSSR count). The SMILES string of the molecule is CCN1C(=O)c2cc(C(=O)NCc3ccc(OC)c(OC)c3)nn2C[C@]1(C)C(=O)NC1CCCC1. The minimum atomic E-state index is -1.08. The number of hydrogen-bond acceptors (Lipinski definition) is 6. The van der Waals surface area contributed by atoms with Crippen LogP contribution in [0.3, 0.4) is 0 Å². The minimum Gasteiger partial charge on any atom is -0.493 e. The molecule has 1 atom stereocenters. The standard InChI is InChI=1S/C25H33N5O5/c1-5-29-23(32)19-13-18(22(31)26-14-16-10-11-20(34-3)21(12-16)35-4)28-30(19)15-25(29,2)24(33)27-17-8-6-7-9-17/h10-13,17H,5-9,14-15H2,1-4H3,(H,26,31)(H,27,33)/t25-/m1/s1. The summed E-state index contributed by atoms with van der Waals surface area (Å²) in [7, 11) is 3.11. The zero-order valence-corrected chi connectivity index (χ0v) is 20.7. The summed E-state index contributed by atoms with van der Waals surface area (Å²) >= 11 is 0. The van der Waals surface area contributed by atoms with E-state index in [0.29, 0.717) is 23.7 Å². The molecule has 2 heterocycles. The summed E-state index contributed by atoms with van der Waals surface area (Å²) in [5.41, 5.74) is 0.171. The van der Waals surface area contributed by atoms with Crippen molar-refractivity contribution in [2.75, 3.05) is 20.8 Å². The van der Waals surface area contributed by atoms with Gasteiger partial charge < -0.3 is 25.0 Å². The van der Waals surface area contributed by atoms with E-state index in [1.165, 1.54) is 10.7 Å². The molecule has 0 unspecified atom stereocenters. The molecule has 35 heavy (non-hydrogen) atoms. The van der Waals surface area contributed by atoms with Crippen molar-refractivity contribution in [1.82, 2.24) is 25.3 Å². The van der Waals surface area contributed by atoms with Gasteiger partial charge in [-0.05, 0) is 44.4 Å². The maximum atomic E-state index is 13.3. The molecule has 1 saturated carbocycles. The third-order valence-electron chi connectivity index (χ3n) is 6.93. The van der Waals surface area contributed by atoms with Gasteiger partial charge in [-0.15, -0.1) is 0 Å². The summed E-state index contributed by atoms with van der Waals surface area (Å²) in [6.45, 7) is 4.42. The van der Waals surface area contributed by atoms with Crippen LogP contribution in [0, 0.1) is 0 Å². The van der Waals surface area contributed by atoms with Crippen LogP contribution in [0.25, 0.3) is 0 Å². The molecule has 0 saturated heterocycles. The molecule has 2 N–H and O–H groups in total. The van der Waals surface area contributed by atoms with E-state index in [2.05, 4.69) is 15.7 Å². The average Bonchev–Trinajstić information content (AvgIpc) is 3.52. The normalized spacial score (nSPS) is 19.9. The van der Waals surface area contributed by atoms with Crippen LogP contribution in [0.15, 0.2) is 24.3 Å². The molecule has 2 aromatic rings. The summed E-state index contributed by atoms with van der Waals surface area (Å²) in [6, 6.07) is 7.02. The lowest BCUT2D eigenvalue weighted by Crippen LogP contribution is -2.64. The Hall–Kier alpha value is -3.56. The number of rotatable bonds is 8. The van der Waals surface area contributed by atoms with Gasteiger partial charge in [0.05, 0.1) is 20.8 Å². The molecule has 0 radical (unpaired) electrons. The zero-order valence-electron chi connectivity index (χ0n) is 20.7. The van der Waals surface area contributed by atoms with Crippen LogP contribution in [0.1, 0.15) is 66.1 Å². The number of carbonyl (C=O) groups excluding carboxylic acids is 3. The first kappa shape index (κ1) is 24.6. The number of fused-ring (bicyclic) bond motifs is 1. The topological polar surface area (TPSA) is 115 Å². The van der Waals surface area contributed by atoms with Gasteiger partial charge in [0.25, 0.3) is 11.8 Å². The number of amides is 3. The Kier molecular flexibility index (Phi) is 7.00. The average molecular weight is 484 g/mol. The molecular formula is C25H33N5O5. The molecule has 2 aliphatic rings. The van der Waals surface area contributed by atoms with Gasteiger partial charge >= 0.3 is 0 Å². The van der Waals surface area contributed by atoms with Crippen LogP contribution >= 0.6 is 0 Å². The third-order valence-corrected chi connectivity index (χ3v) is 6.93. The lowest BCUT2D eigenvalue weighted by molar-refractivity contribution is -0.133. The summed E-state index contributed by atoms with van der Waals surface area (Å²) in [5, 5.41) is 10.3. The first-order chi connectivity index (χ1) is 16.8. The Labute approximate surface area is 204 Å². The number of carbonyl (C=O) groups is 3. The van der Waals surface area contributed by atoms with Gasteiger partial charge in [-0.2, -0.15) is 5.10 Å². The highest BCUT2D eigenvalue weighted by atomic mass is 16.5. The van der Waals surface area contributed by atoms with Crippen molar-refractivity contribution in [2.24, 2.45) is 0 Å². The van der Waals surface area contributed by atoms with E-state index in [4.69, 9.17) is 9.47 Å². The number of methoxy groups -OCH3 is 2. The first-order valence-corrected chi connectivity index (χ1v) is 12.0. The maximum Gasteiger partial charge on any atom is 0.273 e. The van der Waals surface area contributed by atoms with Crippen molar-refractivity contribution in [3.63, 3.8) is 0 Å². The largest absolute Gasteiger partial charge is 0.493 e. The highest BCUT2D eigenvalue weighted by Gasteiger charge is 2.48. The van der Waals surface area contributed by atoms with Gasteiger partial charge in [0.1, 0.15) is 11.2 Å². The molecule has 0 spiro atoms. The second-order valence-electron chi connectivity index (χ2n) is 9.22. The summed E-state index contributed by atoms with van der Waals surface area (Å²) in [4.78, 5) is 41.0. The Morgan fingerprint density at radius 3 is 2.51 bits per heavy atom. The second kappa shape index (κ2) is 9.97. The van der Waals surface area contributed by atoms with Crippen molar-refractivity contribution in [1.29, 1.82) is 0 Å². The maximum absolute atomic E-state index is 13.3. The van der Waals surface area contributed by atoms with E-state index in [0.717, 1.165) is 31.2 Å². The Bertz CT molecular complexity index is 1120. The number of likely N-dealkylation sites (N-methyl/N-ethyl adjacent to an activating group) is 1. The summed E-state index contributed by atoms with van der Waals surface area (Å²) in [5.74, 6) is 0.268. The van der Waals surface area contributed by atoms with Crippen LogP contribution in [-0.4, -0.2) is 64.7 Å². The molecule has 188 valence electrons. The fourth-order valence-corrected chi connectivity index (χ4v) is 4.92. The number of ether oxygens (including phenoxy) is 2. The fourth-order valence-electron chi connectivity index (χ4n) is 4.92. The van der Waals surface area contributed by atoms with Crippen molar-refractivity contribution < 1.29 is 23.9 Å². The van der Waals surface area contributed by atoms with E-state index < -0.39 is 11.4 Å². The van der Waals surface area contributed by atoms with Crippen LogP contribution in [0.4, 0.5) is 0 Å². The monoisotopic (exact) mass is 483 g/mol. The highest BCUT2D eigenvalue weighted by Crippen LogP contribution is 2.29. The molecule has 0 bridgehead atoms. The lowest BCUT2D eigenvalue weighted by Gasteiger charge is -2.43. The Morgan fingerprint density at radius 2 is 1.86 bits per heavy atom. The number of aromatic nitrogens is 2. The molecule has 10 heteroatoms. The predicted octanol–water partition coefficient (Wildman–Crippen LogP) is 2.12. The van der Waals surface area contributed by atoms with Crippen LogP contribution < -0.4 is 20.1 Å². The van der Waals surface area contributed by atoms with Crippen LogP contribution in [-0.2, 0) is 17.9 Å². The van der Waals surface area contributed by atoms with Gasteiger partial charge in [0, 0.05) is 25.2 Å². The first-order valence-electron chi connectivity index (χ1n) is 12.0.